The molecule has 0 atom stereocenters. The van der Waals surface area contributed by atoms with Crippen LogP contribution in [0.25, 0.3) is 10.9 Å². The van der Waals surface area contributed by atoms with Crippen LogP contribution in [0.2, 0.25) is 0 Å². The highest BCUT2D eigenvalue weighted by molar-refractivity contribution is 7.88. The third kappa shape index (κ3) is 5.03. The van der Waals surface area contributed by atoms with Gasteiger partial charge in [-0.05, 0) is 70.9 Å². The van der Waals surface area contributed by atoms with Crippen LogP contribution in [-0.4, -0.2) is 44.0 Å². The molecular formula is C27H31N3O6S. The van der Waals surface area contributed by atoms with E-state index in [1.807, 2.05) is 0 Å². The molecule has 0 spiro atoms. The van der Waals surface area contributed by atoms with Crippen molar-refractivity contribution in [1.82, 2.24) is 9.71 Å². The van der Waals surface area contributed by atoms with Gasteiger partial charge in [0.15, 0.2) is 5.75 Å². The van der Waals surface area contributed by atoms with Gasteiger partial charge >= 0.3 is 0 Å². The molecule has 0 bridgehead atoms. The fourth-order valence-electron chi connectivity index (χ4n) is 4.55. The monoisotopic (exact) mass is 525 g/mol. The molecule has 9 nitrogen and oxygen atoms in total. The first kappa shape index (κ1) is 26.6. The molecule has 0 aliphatic carbocycles. The van der Waals surface area contributed by atoms with Crippen molar-refractivity contribution in [2.24, 2.45) is 0 Å². The topological polar surface area (TPSA) is 115 Å². The number of amides is 2. The first-order valence-corrected chi connectivity index (χ1v) is 13.7. The minimum Gasteiger partial charge on any atom is -0.492 e. The highest BCUT2D eigenvalue weighted by atomic mass is 32.2. The number of aromatic nitrogens is 1. The smallest absolute Gasteiger partial charge is 0.270 e. The van der Waals surface area contributed by atoms with Gasteiger partial charge < -0.3 is 9.47 Å². The number of nitrogens with one attached hydrogen (secondary N) is 1. The lowest BCUT2D eigenvalue weighted by Gasteiger charge is -2.21. The van der Waals surface area contributed by atoms with Gasteiger partial charge in [0.1, 0.15) is 16.8 Å². The Morgan fingerprint density at radius 3 is 2.19 bits per heavy atom. The van der Waals surface area contributed by atoms with Crippen LogP contribution >= 0.6 is 0 Å². The second kappa shape index (κ2) is 9.75. The van der Waals surface area contributed by atoms with Crippen molar-refractivity contribution in [2.75, 3.05) is 18.1 Å². The lowest BCUT2D eigenvalue weighted by atomic mass is 10.0. The van der Waals surface area contributed by atoms with Crippen molar-refractivity contribution in [1.29, 1.82) is 0 Å². The van der Waals surface area contributed by atoms with E-state index in [2.05, 4.69) is 9.71 Å². The Kier molecular flexibility index (Phi) is 7.00. The van der Waals surface area contributed by atoms with Crippen LogP contribution in [0.4, 0.5) is 5.69 Å². The Bertz CT molecular complexity index is 1440. The maximum Gasteiger partial charge on any atom is 0.270 e. The van der Waals surface area contributed by atoms with E-state index in [9.17, 15) is 18.0 Å². The number of hydrogen-bond donors (Lipinski definition) is 1. The second-order valence-corrected chi connectivity index (χ2v) is 11.6. The Balaban J connectivity index is 1.81. The summed E-state index contributed by atoms with van der Waals surface area (Å²) < 4.78 is 39.5. The molecule has 0 saturated heterocycles. The number of pyridine rings is 1. The summed E-state index contributed by atoms with van der Waals surface area (Å²) in [4.78, 5) is 33.0. The molecule has 2 amide bonds. The summed E-state index contributed by atoms with van der Waals surface area (Å²) in [5, 5.41) is 0.582. The Hall–Kier alpha value is -3.50. The molecule has 37 heavy (non-hydrogen) atoms. The third-order valence-corrected chi connectivity index (χ3v) is 7.34. The summed E-state index contributed by atoms with van der Waals surface area (Å²) in [5.74, 6) is -0.777. The molecule has 1 aliphatic heterocycles. The van der Waals surface area contributed by atoms with Gasteiger partial charge in [0, 0.05) is 17.1 Å². The van der Waals surface area contributed by atoms with E-state index in [1.54, 1.807) is 78.1 Å². The fourth-order valence-corrected chi connectivity index (χ4v) is 6.18. The van der Waals surface area contributed by atoms with Gasteiger partial charge in [-0.3, -0.25) is 14.6 Å². The van der Waals surface area contributed by atoms with E-state index in [-0.39, 0.29) is 35.8 Å². The molecule has 1 aliphatic rings. The second-order valence-electron chi connectivity index (χ2n) is 9.85. The maximum atomic E-state index is 13.8. The van der Waals surface area contributed by atoms with E-state index in [1.165, 1.54) is 0 Å². The number of aryl methyl sites for hydroxylation is 1. The largest absolute Gasteiger partial charge is 0.492 e. The Morgan fingerprint density at radius 2 is 1.59 bits per heavy atom. The number of anilines is 1. The summed E-state index contributed by atoms with van der Waals surface area (Å²) in [6, 6.07) is 8.39. The molecule has 10 heteroatoms. The highest BCUT2D eigenvalue weighted by Crippen LogP contribution is 2.45. The van der Waals surface area contributed by atoms with Crippen LogP contribution < -0.4 is 19.1 Å². The molecule has 3 aromatic rings. The molecule has 1 aromatic heterocycles. The number of carbonyl (C=O) groups is 2. The normalized spacial score (nSPS) is 13.8. The van der Waals surface area contributed by atoms with E-state index >= 15 is 0 Å². The zero-order valence-electron chi connectivity index (χ0n) is 21.8. The average molecular weight is 526 g/mol. The molecule has 1 N–H and O–H groups in total. The number of benzene rings is 2. The summed E-state index contributed by atoms with van der Waals surface area (Å²) in [6.45, 7) is 11.2. The number of sulfonamides is 1. The number of carbonyl (C=O) groups excluding carboxylic acids is 2. The molecule has 0 unspecified atom stereocenters. The average Bonchev–Trinajstić information content (AvgIpc) is 3.04. The maximum absolute atomic E-state index is 13.8. The van der Waals surface area contributed by atoms with Gasteiger partial charge in [-0.25, -0.2) is 18.0 Å². The summed E-state index contributed by atoms with van der Waals surface area (Å²) in [5.41, 5.74) is 1.56. The molecular weight excluding hydrogens is 494 g/mol. The van der Waals surface area contributed by atoms with Gasteiger partial charge in [-0.15, -0.1) is 0 Å². The number of fused-ring (bicyclic) bond motifs is 2. The van der Waals surface area contributed by atoms with Crippen LogP contribution in [0.3, 0.4) is 0 Å². The van der Waals surface area contributed by atoms with Crippen molar-refractivity contribution in [3.63, 3.8) is 0 Å². The first-order valence-electron chi connectivity index (χ1n) is 12.1. The zero-order valence-corrected chi connectivity index (χ0v) is 22.7. The van der Waals surface area contributed by atoms with Crippen LogP contribution in [0.1, 0.15) is 66.5 Å². The predicted molar refractivity (Wildman–Crippen MR) is 142 cm³/mol. The van der Waals surface area contributed by atoms with Crippen LogP contribution in [-0.2, 0) is 15.8 Å². The van der Waals surface area contributed by atoms with E-state index in [0.29, 0.717) is 33.5 Å². The summed E-state index contributed by atoms with van der Waals surface area (Å²) >= 11 is 0. The van der Waals surface area contributed by atoms with Crippen molar-refractivity contribution in [3.8, 4) is 11.5 Å². The number of ether oxygens (including phenoxy) is 2. The first-order chi connectivity index (χ1) is 17.4. The van der Waals surface area contributed by atoms with Gasteiger partial charge in [-0.1, -0.05) is 12.1 Å². The molecule has 0 fully saturated rings. The highest BCUT2D eigenvalue weighted by Gasteiger charge is 2.44. The quantitative estimate of drug-likeness (QED) is 0.435. The van der Waals surface area contributed by atoms with E-state index in [4.69, 9.17) is 9.47 Å². The molecule has 4 rings (SSSR count). The third-order valence-electron chi connectivity index (χ3n) is 5.70. The number of rotatable bonds is 8. The van der Waals surface area contributed by atoms with Crippen molar-refractivity contribution < 1.29 is 27.5 Å². The van der Waals surface area contributed by atoms with Crippen molar-refractivity contribution in [3.05, 3.63) is 58.8 Å². The van der Waals surface area contributed by atoms with Gasteiger partial charge in [-0.2, -0.15) is 0 Å². The summed E-state index contributed by atoms with van der Waals surface area (Å²) in [6.07, 6.45) is 1.59. The van der Waals surface area contributed by atoms with Crippen LogP contribution in [0.5, 0.6) is 11.5 Å². The van der Waals surface area contributed by atoms with Crippen molar-refractivity contribution in [2.45, 2.75) is 52.8 Å². The van der Waals surface area contributed by atoms with Crippen molar-refractivity contribution >= 4 is 38.4 Å². The zero-order chi connectivity index (χ0) is 27.1. The van der Waals surface area contributed by atoms with Crippen LogP contribution in [0.15, 0.2) is 36.5 Å². The molecule has 0 saturated carbocycles. The number of hydrogen-bond acceptors (Lipinski definition) is 7. The van der Waals surface area contributed by atoms with Gasteiger partial charge in [0.2, 0.25) is 10.0 Å². The van der Waals surface area contributed by atoms with Gasteiger partial charge in [0.25, 0.3) is 11.8 Å². The summed E-state index contributed by atoms with van der Waals surface area (Å²) in [7, 11) is -3.59. The fraction of sp³-hybridized carbons (Fsp3) is 0.370. The van der Waals surface area contributed by atoms with Gasteiger partial charge in [0.05, 0.1) is 30.2 Å². The lowest BCUT2D eigenvalue weighted by molar-refractivity contribution is 0.0924. The van der Waals surface area contributed by atoms with Crippen LogP contribution in [0, 0.1) is 6.92 Å². The molecule has 2 aromatic carbocycles. The number of imide groups is 1. The Labute approximate surface area is 216 Å². The SMILES string of the molecule is CCOc1c2c(c(OCC)c3ncccc13)C(=O)N(c1ccc(CS(=O)(=O)NC(C)(C)C)cc1C)C2=O. The standard InChI is InChI=1S/C27H31N3O6S/c1-7-35-23-18-10-9-13-28-22(18)24(36-8-2)21-20(23)25(31)30(26(21)32)19-12-11-17(14-16(19)3)15-37(33,34)29-27(4,5)6/h9-14,29H,7-8,15H2,1-6H3. The minimum absolute atomic E-state index is 0.113. The minimum atomic E-state index is -3.59. The molecule has 196 valence electrons. The van der Waals surface area contributed by atoms with E-state index < -0.39 is 27.4 Å². The number of nitrogens with zero attached hydrogens (tertiary/aromatic N) is 2. The van der Waals surface area contributed by atoms with E-state index in [0.717, 1.165) is 4.90 Å². The molecule has 0 radical (unpaired) electrons. The lowest BCUT2D eigenvalue weighted by Crippen LogP contribution is -2.41. The molecule has 2 heterocycles. The predicted octanol–water partition coefficient (Wildman–Crippen LogP) is 4.36. The Morgan fingerprint density at radius 1 is 0.973 bits per heavy atom.